The first kappa shape index (κ1) is 15.2. The molecule has 19 heavy (non-hydrogen) atoms. The lowest BCUT2D eigenvalue weighted by Gasteiger charge is -2.18. The molecule has 1 aromatic rings. The lowest BCUT2D eigenvalue weighted by Crippen LogP contribution is -2.30. The van der Waals surface area contributed by atoms with Crippen molar-refractivity contribution in [3.05, 3.63) is 21.1 Å². The molecule has 1 heterocycles. The van der Waals surface area contributed by atoms with E-state index in [1.165, 1.54) is 6.07 Å². The van der Waals surface area contributed by atoms with Gasteiger partial charge < -0.3 is 15.9 Å². The van der Waals surface area contributed by atoms with Crippen LogP contribution < -0.4 is 5.73 Å². The summed E-state index contributed by atoms with van der Waals surface area (Å²) >= 11 is 6.39. The maximum atomic E-state index is 12.5. The second-order valence-electron chi connectivity index (χ2n) is 4.26. The highest BCUT2D eigenvalue weighted by Gasteiger charge is 2.39. The van der Waals surface area contributed by atoms with Gasteiger partial charge in [0.15, 0.2) is 0 Å². The molecule has 0 aromatic heterocycles. The normalized spacial score (nSPS) is 24.8. The van der Waals surface area contributed by atoms with Crippen molar-refractivity contribution in [2.75, 3.05) is 18.8 Å². The van der Waals surface area contributed by atoms with E-state index in [2.05, 4.69) is 31.9 Å². The zero-order valence-electron chi connectivity index (χ0n) is 9.62. The van der Waals surface area contributed by atoms with Crippen molar-refractivity contribution >= 4 is 47.6 Å². The molecule has 1 aromatic carbocycles. The Morgan fingerprint density at radius 3 is 2.21 bits per heavy atom. The molecule has 0 aliphatic carbocycles. The van der Waals surface area contributed by atoms with Crippen LogP contribution in [-0.2, 0) is 10.0 Å². The Morgan fingerprint density at radius 2 is 1.74 bits per heavy atom. The second kappa shape index (κ2) is 5.30. The molecule has 0 radical (unpaired) electrons. The fourth-order valence-electron chi connectivity index (χ4n) is 1.91. The van der Waals surface area contributed by atoms with Gasteiger partial charge in [-0.1, -0.05) is 15.9 Å². The van der Waals surface area contributed by atoms with Crippen molar-refractivity contribution in [3.8, 4) is 0 Å². The van der Waals surface area contributed by atoms with Gasteiger partial charge in [0, 0.05) is 22.0 Å². The summed E-state index contributed by atoms with van der Waals surface area (Å²) in [5, 5.41) is 18.9. The molecule has 0 bridgehead atoms. The van der Waals surface area contributed by atoms with Gasteiger partial charge in [-0.05, 0) is 28.1 Å². The van der Waals surface area contributed by atoms with Gasteiger partial charge in [0.05, 0.1) is 17.9 Å². The van der Waals surface area contributed by atoms with Crippen molar-refractivity contribution in [3.63, 3.8) is 0 Å². The molecule has 0 spiro atoms. The Balaban J connectivity index is 2.47. The van der Waals surface area contributed by atoms with E-state index in [1.807, 2.05) is 0 Å². The SMILES string of the molecule is Nc1cc(Br)cc(Br)c1S(=O)(=O)N1CC(O)C(O)C1. The van der Waals surface area contributed by atoms with Gasteiger partial charge in [0.1, 0.15) is 4.90 Å². The van der Waals surface area contributed by atoms with Crippen LogP contribution in [0, 0.1) is 0 Å². The number of hydrogen-bond donors (Lipinski definition) is 3. The Hall–Kier alpha value is -0.190. The fourth-order valence-corrected chi connectivity index (χ4v) is 5.40. The first-order valence-corrected chi connectivity index (χ1v) is 8.37. The van der Waals surface area contributed by atoms with Gasteiger partial charge >= 0.3 is 0 Å². The Bertz CT molecular complexity index is 575. The highest BCUT2D eigenvalue weighted by molar-refractivity contribution is 9.11. The maximum absolute atomic E-state index is 12.5. The van der Waals surface area contributed by atoms with Crippen LogP contribution in [0.5, 0.6) is 0 Å². The maximum Gasteiger partial charge on any atom is 0.246 e. The molecule has 0 amide bonds. The van der Waals surface area contributed by atoms with E-state index in [4.69, 9.17) is 5.73 Å². The molecule has 2 unspecified atom stereocenters. The lowest BCUT2D eigenvalue weighted by molar-refractivity contribution is 0.0572. The van der Waals surface area contributed by atoms with Gasteiger partial charge in [0.25, 0.3) is 0 Å². The van der Waals surface area contributed by atoms with Crippen LogP contribution in [0.15, 0.2) is 26.0 Å². The largest absolute Gasteiger partial charge is 0.398 e. The number of anilines is 1. The van der Waals surface area contributed by atoms with Crippen molar-refractivity contribution in [1.82, 2.24) is 4.31 Å². The average Bonchev–Trinajstić information content (AvgIpc) is 2.57. The Kier molecular flexibility index (Phi) is 4.24. The van der Waals surface area contributed by atoms with E-state index in [1.54, 1.807) is 6.07 Å². The number of nitrogens with two attached hydrogens (primary N) is 1. The minimum absolute atomic E-state index is 0.0583. The van der Waals surface area contributed by atoms with Gasteiger partial charge in [-0.3, -0.25) is 0 Å². The lowest BCUT2D eigenvalue weighted by atomic mass is 10.3. The minimum atomic E-state index is -3.86. The van der Waals surface area contributed by atoms with Crippen molar-refractivity contribution in [2.45, 2.75) is 17.1 Å². The number of aliphatic hydroxyl groups excluding tert-OH is 2. The Morgan fingerprint density at radius 1 is 1.21 bits per heavy atom. The first-order chi connectivity index (χ1) is 8.73. The van der Waals surface area contributed by atoms with E-state index in [-0.39, 0.29) is 23.7 Å². The number of nitrogen functional groups attached to an aromatic ring is 1. The van der Waals surface area contributed by atoms with E-state index in [9.17, 15) is 18.6 Å². The highest BCUT2D eigenvalue weighted by Crippen LogP contribution is 2.34. The molecule has 1 aliphatic heterocycles. The van der Waals surface area contributed by atoms with E-state index < -0.39 is 22.2 Å². The van der Waals surface area contributed by atoms with Crippen molar-refractivity contribution < 1.29 is 18.6 Å². The summed E-state index contributed by atoms with van der Waals surface area (Å²) in [5.74, 6) is 0. The number of β-amino-alcohol motifs (C(OH)–C–C–N with tert-alkyl or cyclic N) is 2. The molecule has 1 fully saturated rings. The predicted octanol–water partition coefficient (Wildman–Crippen LogP) is 0.520. The quantitative estimate of drug-likeness (QED) is 0.611. The van der Waals surface area contributed by atoms with Crippen molar-refractivity contribution in [1.29, 1.82) is 0 Å². The van der Waals surface area contributed by atoms with Crippen LogP contribution in [0.3, 0.4) is 0 Å². The summed E-state index contributed by atoms with van der Waals surface area (Å²) in [7, 11) is -3.86. The molecule has 0 saturated carbocycles. The number of hydrogen-bond acceptors (Lipinski definition) is 5. The molecular weight excluding hydrogens is 404 g/mol. The Labute approximate surface area is 127 Å². The molecule has 9 heteroatoms. The number of halogens is 2. The molecule has 6 nitrogen and oxygen atoms in total. The molecule has 106 valence electrons. The fraction of sp³-hybridized carbons (Fsp3) is 0.400. The topological polar surface area (TPSA) is 104 Å². The van der Waals surface area contributed by atoms with E-state index >= 15 is 0 Å². The average molecular weight is 416 g/mol. The second-order valence-corrected chi connectivity index (χ2v) is 7.91. The number of benzene rings is 1. The molecule has 2 rings (SSSR count). The first-order valence-electron chi connectivity index (χ1n) is 5.34. The van der Waals surface area contributed by atoms with Crippen LogP contribution >= 0.6 is 31.9 Å². The van der Waals surface area contributed by atoms with Gasteiger partial charge in [-0.2, -0.15) is 4.31 Å². The van der Waals surface area contributed by atoms with Crippen LogP contribution in [0.2, 0.25) is 0 Å². The van der Waals surface area contributed by atoms with Gasteiger partial charge in [0.2, 0.25) is 10.0 Å². The third kappa shape index (κ3) is 2.81. The highest BCUT2D eigenvalue weighted by atomic mass is 79.9. The summed E-state index contributed by atoms with van der Waals surface area (Å²) in [6.45, 7) is -0.295. The summed E-state index contributed by atoms with van der Waals surface area (Å²) in [4.78, 5) is -0.0583. The van der Waals surface area contributed by atoms with Crippen LogP contribution in [0.25, 0.3) is 0 Å². The predicted molar refractivity (Wildman–Crippen MR) is 77.0 cm³/mol. The van der Waals surface area contributed by atoms with Crippen LogP contribution in [-0.4, -0.2) is 48.2 Å². The smallest absolute Gasteiger partial charge is 0.246 e. The molecule has 1 saturated heterocycles. The summed E-state index contributed by atoms with van der Waals surface area (Å²) in [5.41, 5.74) is 5.85. The standard InChI is InChI=1S/C10H12Br2N2O4S/c11-5-1-6(12)10(7(13)2-5)19(17,18)14-3-8(15)9(16)4-14/h1-2,8-9,15-16H,3-4,13H2. The zero-order chi connectivity index (χ0) is 14.4. The number of aliphatic hydroxyl groups is 2. The number of sulfonamides is 1. The van der Waals surface area contributed by atoms with Gasteiger partial charge in [-0.25, -0.2) is 8.42 Å². The van der Waals surface area contributed by atoms with Crippen LogP contribution in [0.4, 0.5) is 5.69 Å². The molecule has 4 N–H and O–H groups in total. The number of nitrogens with zero attached hydrogens (tertiary/aromatic N) is 1. The molecule has 1 aliphatic rings. The summed E-state index contributed by atoms with van der Waals surface area (Å²) in [6.07, 6.45) is -2.16. The van der Waals surface area contributed by atoms with E-state index in [0.29, 0.717) is 8.95 Å². The van der Waals surface area contributed by atoms with E-state index in [0.717, 1.165) is 4.31 Å². The third-order valence-electron chi connectivity index (χ3n) is 2.86. The third-order valence-corrected chi connectivity index (χ3v) is 6.16. The molecule has 2 atom stereocenters. The summed E-state index contributed by atoms with van der Waals surface area (Å²) in [6, 6.07) is 3.06. The number of rotatable bonds is 2. The summed E-state index contributed by atoms with van der Waals surface area (Å²) < 4.78 is 26.9. The minimum Gasteiger partial charge on any atom is -0.398 e. The van der Waals surface area contributed by atoms with Gasteiger partial charge in [-0.15, -0.1) is 0 Å². The monoisotopic (exact) mass is 414 g/mol. The zero-order valence-corrected chi connectivity index (χ0v) is 13.6. The molecular formula is C10H12Br2N2O4S. The van der Waals surface area contributed by atoms with Crippen LogP contribution in [0.1, 0.15) is 0 Å². The van der Waals surface area contributed by atoms with Crippen molar-refractivity contribution in [2.24, 2.45) is 0 Å².